The predicted molar refractivity (Wildman–Crippen MR) is 111 cm³/mol. The first-order valence-corrected chi connectivity index (χ1v) is 8.89. The van der Waals surface area contributed by atoms with Crippen molar-refractivity contribution in [1.82, 2.24) is 4.98 Å². The van der Waals surface area contributed by atoms with Crippen molar-refractivity contribution in [2.24, 2.45) is 0 Å². The van der Waals surface area contributed by atoms with Gasteiger partial charge in [0.15, 0.2) is 5.78 Å². The molecule has 1 aromatic heterocycles. The number of aliphatic hydroxyl groups is 1. The Bertz CT molecular complexity index is 1210. The number of carbonyl (C=O) groups excluding carboxylic acids is 1. The second-order valence-electron chi connectivity index (χ2n) is 6.48. The minimum atomic E-state index is -0.728. The Morgan fingerprint density at radius 3 is 2.13 bits per heavy atom. The van der Waals surface area contributed by atoms with Gasteiger partial charge in [0.2, 0.25) is 0 Å². The molecule has 155 valence electrons. The number of hydrogen-bond acceptors (Lipinski definition) is 3. The molecule has 0 saturated heterocycles. The fourth-order valence-corrected chi connectivity index (χ4v) is 3.03. The Hall–Kier alpha value is -2.95. The Labute approximate surface area is 186 Å². The Kier molecular flexibility index (Phi) is 7.92. The topological polar surface area (TPSA) is 50.2 Å². The molecule has 0 aliphatic carbocycles. The number of para-hydroxylation sites is 1. The van der Waals surface area contributed by atoms with Gasteiger partial charge in [-0.3, -0.25) is 9.78 Å². The average Bonchev–Trinajstić information content (AvgIpc) is 2.66. The Morgan fingerprint density at radius 1 is 0.967 bits per heavy atom. The van der Waals surface area contributed by atoms with Gasteiger partial charge >= 0.3 is 0 Å². The molecule has 0 saturated carbocycles. The first-order valence-electron chi connectivity index (χ1n) is 8.89. The van der Waals surface area contributed by atoms with Gasteiger partial charge in [0.1, 0.15) is 0 Å². The monoisotopic (exact) mass is 583 g/mol. The molecule has 4 rings (SSSR count). The van der Waals surface area contributed by atoms with Crippen molar-refractivity contribution in [3.63, 3.8) is 0 Å². The van der Waals surface area contributed by atoms with Gasteiger partial charge in [-0.2, -0.15) is 0 Å². The molecule has 0 bridgehead atoms. The molecule has 0 spiro atoms. The van der Waals surface area contributed by atoms with Crippen LogP contribution in [0.4, 0.5) is 8.78 Å². The second kappa shape index (κ2) is 10.2. The van der Waals surface area contributed by atoms with Gasteiger partial charge in [-0.15, -0.1) is 17.7 Å². The summed E-state index contributed by atoms with van der Waals surface area (Å²) in [6.45, 7) is 2.85. The number of ketones is 1. The van der Waals surface area contributed by atoms with E-state index in [1.165, 1.54) is 26.0 Å². The van der Waals surface area contributed by atoms with Gasteiger partial charge in [-0.05, 0) is 36.4 Å². The summed E-state index contributed by atoms with van der Waals surface area (Å²) < 4.78 is 27.0. The van der Waals surface area contributed by atoms with Crippen LogP contribution in [0, 0.1) is 17.7 Å². The van der Waals surface area contributed by atoms with Crippen LogP contribution in [0.1, 0.15) is 13.8 Å². The second-order valence-corrected chi connectivity index (χ2v) is 6.48. The zero-order valence-electron chi connectivity index (χ0n) is 16.2. The standard InChI is InChI=1S/C19H10F2N.C5H8O2.Ir/c20-13-9-12(10-14(21)11-13)19-17-7-2-1-5-15(17)16-6-3-4-8-18(16)22-19;1-4(6)3-5(2)7;/h1-9,11H;3,6H,1-2H3;/q-1;;/b;4-3-;. The smallest absolute Gasteiger partial charge is 0.155 e. The summed E-state index contributed by atoms with van der Waals surface area (Å²) in [5.41, 5.74) is 1.64. The number of fused-ring (bicyclic) bond motifs is 3. The molecule has 1 N–H and O–H groups in total. The van der Waals surface area contributed by atoms with Crippen LogP contribution in [-0.2, 0) is 24.9 Å². The van der Waals surface area contributed by atoms with E-state index in [1.807, 2.05) is 48.5 Å². The van der Waals surface area contributed by atoms with Crippen molar-refractivity contribution >= 4 is 27.5 Å². The van der Waals surface area contributed by atoms with Crippen LogP contribution in [-0.4, -0.2) is 15.9 Å². The number of benzene rings is 3. The van der Waals surface area contributed by atoms with Crippen LogP contribution in [0.5, 0.6) is 0 Å². The van der Waals surface area contributed by atoms with Crippen molar-refractivity contribution in [2.45, 2.75) is 13.8 Å². The number of halogens is 2. The normalized spacial score (nSPS) is 10.9. The van der Waals surface area contributed by atoms with Crippen molar-refractivity contribution < 1.29 is 38.8 Å². The van der Waals surface area contributed by atoms with Crippen molar-refractivity contribution in [3.05, 3.63) is 90.2 Å². The zero-order chi connectivity index (χ0) is 21.0. The van der Waals surface area contributed by atoms with Gasteiger partial charge in [-0.1, -0.05) is 48.5 Å². The van der Waals surface area contributed by atoms with Gasteiger partial charge in [0, 0.05) is 43.2 Å². The quantitative estimate of drug-likeness (QED) is 0.133. The van der Waals surface area contributed by atoms with Crippen molar-refractivity contribution in [2.75, 3.05) is 0 Å². The van der Waals surface area contributed by atoms with E-state index < -0.39 is 11.6 Å². The zero-order valence-corrected chi connectivity index (χ0v) is 18.6. The first-order chi connectivity index (χ1) is 13.8. The SMILES string of the molecule is CC(=O)/C=C(/C)O.Fc1[c-]c(-c2nc3ccccc3c3ccccc23)cc(F)c1.[Ir]. The molecule has 4 aromatic rings. The number of aromatic nitrogens is 1. The molecule has 1 heterocycles. The van der Waals surface area contributed by atoms with Gasteiger partial charge in [0.05, 0.1) is 11.3 Å². The number of rotatable bonds is 2. The molecule has 0 aliphatic rings. The third-order valence-electron chi connectivity index (χ3n) is 4.08. The summed E-state index contributed by atoms with van der Waals surface area (Å²) in [5, 5.41) is 11.2. The van der Waals surface area contributed by atoms with E-state index in [4.69, 9.17) is 5.11 Å². The van der Waals surface area contributed by atoms with Gasteiger partial charge in [-0.25, -0.2) is 8.78 Å². The molecule has 0 atom stereocenters. The van der Waals surface area contributed by atoms with E-state index in [-0.39, 0.29) is 31.6 Å². The maximum Gasteiger partial charge on any atom is 0.155 e. The molecule has 3 nitrogen and oxygen atoms in total. The van der Waals surface area contributed by atoms with Crippen LogP contribution in [0.25, 0.3) is 32.9 Å². The van der Waals surface area contributed by atoms with Gasteiger partial charge < -0.3 is 5.11 Å². The fourth-order valence-electron chi connectivity index (χ4n) is 3.03. The molecule has 6 heteroatoms. The number of nitrogens with zero attached hydrogens (tertiary/aromatic N) is 1. The van der Waals surface area contributed by atoms with Crippen LogP contribution in [0.15, 0.2) is 72.5 Å². The third kappa shape index (κ3) is 5.56. The molecular weight excluding hydrogens is 564 g/mol. The number of pyridine rings is 1. The minimum absolute atomic E-state index is 0. The molecule has 30 heavy (non-hydrogen) atoms. The summed E-state index contributed by atoms with van der Waals surface area (Å²) in [7, 11) is 0. The fraction of sp³-hybridized carbons (Fsp3) is 0.0833. The Balaban J connectivity index is 0.000000350. The van der Waals surface area contributed by atoms with Crippen molar-refractivity contribution in [3.8, 4) is 11.3 Å². The van der Waals surface area contributed by atoms with Crippen molar-refractivity contribution in [1.29, 1.82) is 0 Å². The molecule has 0 aliphatic heterocycles. The summed E-state index contributed by atoms with van der Waals surface area (Å²) in [4.78, 5) is 14.6. The Morgan fingerprint density at radius 2 is 1.57 bits per heavy atom. The number of hydrogen-bond donors (Lipinski definition) is 1. The molecule has 1 radical (unpaired) electrons. The van der Waals surface area contributed by atoms with E-state index in [1.54, 1.807) is 0 Å². The first kappa shape index (κ1) is 23.3. The van der Waals surface area contributed by atoms with Gasteiger partial charge in [0.25, 0.3) is 0 Å². The predicted octanol–water partition coefficient (Wildman–Crippen LogP) is 6.17. The number of allylic oxidation sites excluding steroid dienone is 2. The average molecular weight is 583 g/mol. The van der Waals surface area contributed by atoms with E-state index in [2.05, 4.69) is 11.1 Å². The largest absolute Gasteiger partial charge is 0.512 e. The van der Waals surface area contributed by atoms with E-state index in [0.29, 0.717) is 11.3 Å². The van der Waals surface area contributed by atoms with Crippen LogP contribution < -0.4 is 0 Å². The van der Waals surface area contributed by atoms with Crippen LogP contribution >= 0.6 is 0 Å². The molecule has 0 amide bonds. The number of carbonyl (C=O) groups is 1. The summed E-state index contributed by atoms with van der Waals surface area (Å²) in [6.07, 6.45) is 1.17. The number of aliphatic hydroxyl groups excluding tert-OH is 1. The molecular formula is C24H18F2IrNO2-. The summed E-state index contributed by atoms with van der Waals surface area (Å²) in [5.74, 6) is -1.42. The van der Waals surface area contributed by atoms with E-state index >= 15 is 0 Å². The maximum absolute atomic E-state index is 13.5. The third-order valence-corrected chi connectivity index (χ3v) is 4.08. The molecule has 0 fully saturated rings. The maximum atomic E-state index is 13.5. The summed E-state index contributed by atoms with van der Waals surface area (Å²) in [6, 6.07) is 20.1. The van der Waals surface area contributed by atoms with Crippen LogP contribution in [0.3, 0.4) is 0 Å². The molecule has 0 unspecified atom stereocenters. The van der Waals surface area contributed by atoms with Crippen LogP contribution in [0.2, 0.25) is 0 Å². The minimum Gasteiger partial charge on any atom is -0.512 e. The molecule has 3 aromatic carbocycles. The van der Waals surface area contributed by atoms with E-state index in [9.17, 15) is 13.6 Å². The van der Waals surface area contributed by atoms with E-state index in [0.717, 1.165) is 27.7 Å². The summed E-state index contributed by atoms with van der Waals surface area (Å²) >= 11 is 0.